The van der Waals surface area contributed by atoms with Gasteiger partial charge in [0, 0.05) is 26.2 Å². The summed E-state index contributed by atoms with van der Waals surface area (Å²) in [4.78, 5) is 7.08. The van der Waals surface area contributed by atoms with Crippen molar-refractivity contribution in [3.63, 3.8) is 0 Å². The zero-order valence-electron chi connectivity index (χ0n) is 17.1. The Balaban J connectivity index is 3.68. The van der Waals surface area contributed by atoms with Crippen molar-refractivity contribution in [2.45, 2.75) is 53.4 Å². The van der Waals surface area contributed by atoms with Crippen LogP contribution in [0.5, 0.6) is 0 Å². The molecule has 6 nitrogen and oxygen atoms in total. The highest BCUT2D eigenvalue weighted by Gasteiger charge is 1.99. The lowest BCUT2D eigenvalue weighted by atomic mass is 10.3. The van der Waals surface area contributed by atoms with Crippen molar-refractivity contribution < 1.29 is 9.47 Å². The van der Waals surface area contributed by atoms with Crippen LogP contribution in [0.1, 0.15) is 53.4 Å². The summed E-state index contributed by atoms with van der Waals surface area (Å²) in [5.41, 5.74) is 0. The van der Waals surface area contributed by atoms with Gasteiger partial charge in [-0.1, -0.05) is 27.2 Å². The topological polar surface area (TPSA) is 58.1 Å². The molecule has 0 radical (unpaired) electrons. The molecule has 0 amide bonds. The van der Waals surface area contributed by atoms with Gasteiger partial charge in [0.05, 0.1) is 19.8 Å². The maximum Gasteiger partial charge on any atom is 0.191 e. The SMILES string of the molecule is CCCCOCCOCCNC(=NCCCCN(CC)CC)NCC. The van der Waals surface area contributed by atoms with E-state index in [-0.39, 0.29) is 0 Å². The van der Waals surface area contributed by atoms with Crippen LogP contribution < -0.4 is 10.6 Å². The van der Waals surface area contributed by atoms with E-state index in [1.807, 2.05) is 0 Å². The summed E-state index contributed by atoms with van der Waals surface area (Å²) in [6.45, 7) is 17.5. The predicted molar refractivity (Wildman–Crippen MR) is 108 cm³/mol. The largest absolute Gasteiger partial charge is 0.379 e. The maximum absolute atomic E-state index is 5.56. The maximum atomic E-state index is 5.56. The number of nitrogens with one attached hydrogen (secondary N) is 2. The molecule has 0 saturated carbocycles. The molecule has 0 heterocycles. The number of hydrogen-bond donors (Lipinski definition) is 2. The number of nitrogens with zero attached hydrogens (tertiary/aromatic N) is 2. The molecule has 0 unspecified atom stereocenters. The van der Waals surface area contributed by atoms with Gasteiger partial charge in [0.1, 0.15) is 0 Å². The van der Waals surface area contributed by atoms with Gasteiger partial charge in [0.25, 0.3) is 0 Å². The van der Waals surface area contributed by atoms with Crippen LogP contribution in [0.2, 0.25) is 0 Å². The van der Waals surface area contributed by atoms with Gasteiger partial charge in [-0.05, 0) is 45.8 Å². The minimum absolute atomic E-state index is 0.657. The molecular formula is C19H42N4O2. The minimum atomic E-state index is 0.657. The first-order valence-corrected chi connectivity index (χ1v) is 10.2. The summed E-state index contributed by atoms with van der Waals surface area (Å²) in [5.74, 6) is 0.883. The first-order chi connectivity index (χ1) is 12.3. The van der Waals surface area contributed by atoms with Crippen molar-refractivity contribution in [1.82, 2.24) is 15.5 Å². The van der Waals surface area contributed by atoms with Gasteiger partial charge in [-0.25, -0.2) is 0 Å². The average Bonchev–Trinajstić information content (AvgIpc) is 2.63. The van der Waals surface area contributed by atoms with Gasteiger partial charge in [0.15, 0.2) is 5.96 Å². The predicted octanol–water partition coefficient (Wildman–Crippen LogP) is 2.50. The second kappa shape index (κ2) is 19.5. The smallest absolute Gasteiger partial charge is 0.191 e. The average molecular weight is 359 g/mol. The second-order valence-electron chi connectivity index (χ2n) is 6.00. The Labute approximate surface area is 155 Å². The van der Waals surface area contributed by atoms with Crippen LogP contribution in [0.25, 0.3) is 0 Å². The Morgan fingerprint density at radius 2 is 1.56 bits per heavy atom. The van der Waals surface area contributed by atoms with Gasteiger partial charge in [-0.2, -0.15) is 0 Å². The van der Waals surface area contributed by atoms with Crippen molar-refractivity contribution in [3.05, 3.63) is 0 Å². The zero-order chi connectivity index (χ0) is 18.6. The number of hydrogen-bond acceptors (Lipinski definition) is 4. The van der Waals surface area contributed by atoms with Gasteiger partial charge in [-0.15, -0.1) is 0 Å². The van der Waals surface area contributed by atoms with Crippen LogP contribution in [0.15, 0.2) is 4.99 Å². The molecule has 0 aliphatic carbocycles. The fourth-order valence-corrected chi connectivity index (χ4v) is 2.33. The Kier molecular flexibility index (Phi) is 18.8. The molecule has 0 atom stereocenters. The molecule has 0 spiro atoms. The standard InChI is InChI=1S/C19H42N4O2/c1-5-9-15-24-17-18-25-16-13-22-19(20-6-2)21-12-10-11-14-23(7-3)8-4/h5-18H2,1-4H3,(H2,20,21,22). The van der Waals surface area contributed by atoms with Crippen molar-refractivity contribution >= 4 is 5.96 Å². The van der Waals surface area contributed by atoms with E-state index in [1.165, 1.54) is 19.4 Å². The number of unbranched alkanes of at least 4 members (excludes halogenated alkanes) is 2. The number of aliphatic imine (C=N–C) groups is 1. The summed E-state index contributed by atoms with van der Waals surface area (Å²) >= 11 is 0. The van der Waals surface area contributed by atoms with Gasteiger partial charge >= 0.3 is 0 Å². The van der Waals surface area contributed by atoms with E-state index in [2.05, 4.69) is 48.2 Å². The van der Waals surface area contributed by atoms with Gasteiger partial charge in [-0.3, -0.25) is 4.99 Å². The van der Waals surface area contributed by atoms with E-state index in [1.54, 1.807) is 0 Å². The lowest BCUT2D eigenvalue weighted by molar-refractivity contribution is 0.0487. The molecule has 0 saturated heterocycles. The van der Waals surface area contributed by atoms with E-state index in [4.69, 9.17) is 9.47 Å². The third kappa shape index (κ3) is 16.4. The van der Waals surface area contributed by atoms with Crippen molar-refractivity contribution in [3.8, 4) is 0 Å². The molecule has 0 aromatic carbocycles. The van der Waals surface area contributed by atoms with E-state index in [9.17, 15) is 0 Å². The fraction of sp³-hybridized carbons (Fsp3) is 0.947. The van der Waals surface area contributed by atoms with Crippen LogP contribution >= 0.6 is 0 Å². The molecule has 0 aliphatic heterocycles. The fourth-order valence-electron chi connectivity index (χ4n) is 2.33. The van der Waals surface area contributed by atoms with Crippen LogP contribution in [0.4, 0.5) is 0 Å². The van der Waals surface area contributed by atoms with Crippen molar-refractivity contribution in [2.24, 2.45) is 4.99 Å². The van der Waals surface area contributed by atoms with E-state index in [0.29, 0.717) is 19.8 Å². The number of ether oxygens (including phenoxy) is 2. The summed E-state index contributed by atoms with van der Waals surface area (Å²) in [7, 11) is 0. The van der Waals surface area contributed by atoms with E-state index in [0.717, 1.165) is 58.1 Å². The second-order valence-corrected chi connectivity index (χ2v) is 6.00. The highest BCUT2D eigenvalue weighted by atomic mass is 16.5. The Bertz CT molecular complexity index is 297. The van der Waals surface area contributed by atoms with Crippen LogP contribution in [0, 0.1) is 0 Å². The molecule has 0 rings (SSSR count). The third-order valence-corrected chi connectivity index (χ3v) is 3.94. The Hall–Kier alpha value is -0.850. The van der Waals surface area contributed by atoms with Crippen LogP contribution in [-0.4, -0.2) is 76.6 Å². The molecule has 0 aromatic heterocycles. The van der Waals surface area contributed by atoms with Gasteiger partial charge in [0.2, 0.25) is 0 Å². The minimum Gasteiger partial charge on any atom is -0.379 e. The lowest BCUT2D eigenvalue weighted by Crippen LogP contribution is -2.39. The summed E-state index contributed by atoms with van der Waals surface area (Å²) in [6, 6.07) is 0. The molecule has 0 aromatic rings. The zero-order valence-corrected chi connectivity index (χ0v) is 17.1. The molecular weight excluding hydrogens is 316 g/mol. The molecule has 6 heteroatoms. The first-order valence-electron chi connectivity index (χ1n) is 10.2. The van der Waals surface area contributed by atoms with Crippen LogP contribution in [0.3, 0.4) is 0 Å². The van der Waals surface area contributed by atoms with E-state index < -0.39 is 0 Å². The van der Waals surface area contributed by atoms with E-state index >= 15 is 0 Å². The monoisotopic (exact) mass is 358 g/mol. The van der Waals surface area contributed by atoms with Crippen molar-refractivity contribution in [2.75, 3.05) is 65.7 Å². The molecule has 0 aliphatic rings. The molecule has 0 bridgehead atoms. The Morgan fingerprint density at radius 3 is 2.20 bits per heavy atom. The summed E-state index contributed by atoms with van der Waals surface area (Å²) in [6.07, 6.45) is 4.62. The number of guanidine groups is 1. The van der Waals surface area contributed by atoms with Gasteiger partial charge < -0.3 is 25.0 Å². The highest BCUT2D eigenvalue weighted by Crippen LogP contribution is 1.95. The van der Waals surface area contributed by atoms with Crippen LogP contribution in [-0.2, 0) is 9.47 Å². The molecule has 0 fully saturated rings. The van der Waals surface area contributed by atoms with Crippen molar-refractivity contribution in [1.29, 1.82) is 0 Å². The lowest BCUT2D eigenvalue weighted by Gasteiger charge is -2.17. The highest BCUT2D eigenvalue weighted by molar-refractivity contribution is 5.79. The molecule has 150 valence electrons. The quantitative estimate of drug-likeness (QED) is 0.238. The summed E-state index contributed by atoms with van der Waals surface area (Å²) in [5, 5.41) is 6.59. The molecule has 25 heavy (non-hydrogen) atoms. The summed E-state index contributed by atoms with van der Waals surface area (Å²) < 4.78 is 11.0. The normalized spacial score (nSPS) is 12.0. The number of rotatable bonds is 17. The Morgan fingerprint density at radius 1 is 0.840 bits per heavy atom. The third-order valence-electron chi connectivity index (χ3n) is 3.94. The first kappa shape index (κ1) is 24.1. The molecule has 2 N–H and O–H groups in total.